The van der Waals surface area contributed by atoms with Crippen molar-refractivity contribution in [2.75, 3.05) is 11.9 Å². The Kier molecular flexibility index (Phi) is 5.95. The van der Waals surface area contributed by atoms with Gasteiger partial charge < -0.3 is 10.1 Å². The smallest absolute Gasteiger partial charge is 0.248 e. The molecule has 0 radical (unpaired) electrons. The number of hydrogen-bond acceptors (Lipinski definition) is 3. The molecule has 0 aliphatic carbocycles. The molecule has 4 nitrogen and oxygen atoms in total. The number of benzene rings is 2. The average molecular weight is 371 g/mol. The minimum Gasteiger partial charge on any atom is -0.492 e. The summed E-state index contributed by atoms with van der Waals surface area (Å²) in [5.74, 6) is 0.242. The second-order valence-corrected chi connectivity index (χ2v) is 5.45. The number of nitrogens with zero attached hydrogens (tertiary/aromatic N) is 1. The maximum absolute atomic E-state index is 12.1. The van der Waals surface area contributed by atoms with Crippen LogP contribution in [0.4, 0.5) is 5.69 Å². The predicted octanol–water partition coefficient (Wildman–Crippen LogP) is 4.37. The van der Waals surface area contributed by atoms with Gasteiger partial charge in [-0.15, -0.1) is 0 Å². The first-order valence-electron chi connectivity index (χ1n) is 7.04. The normalized spacial score (nSPS) is 10.3. The van der Waals surface area contributed by atoms with Crippen molar-refractivity contribution >= 4 is 33.6 Å². The van der Waals surface area contributed by atoms with E-state index in [0.29, 0.717) is 23.6 Å². The quantitative estimate of drug-likeness (QED) is 0.794. The number of nitrogens with one attached hydrogen (secondary N) is 1. The van der Waals surface area contributed by atoms with Gasteiger partial charge in [0, 0.05) is 10.5 Å². The summed E-state index contributed by atoms with van der Waals surface area (Å²) >= 11 is 3.43. The highest BCUT2D eigenvalue weighted by molar-refractivity contribution is 9.10. The molecule has 0 unspecified atom stereocenters. The van der Waals surface area contributed by atoms with Crippen LogP contribution in [0.3, 0.4) is 0 Å². The Balaban J connectivity index is 2.16. The molecule has 2 rings (SSSR count). The SMILES string of the molecule is CCOc1ccc(C#N)cc1NC(=O)C=Cc1ccccc1Br. The summed E-state index contributed by atoms with van der Waals surface area (Å²) in [6.07, 6.45) is 3.16. The molecule has 0 heterocycles. The Hall–Kier alpha value is -2.58. The molecule has 0 atom stereocenters. The van der Waals surface area contributed by atoms with Crippen LogP contribution in [-0.2, 0) is 4.79 Å². The highest BCUT2D eigenvalue weighted by Crippen LogP contribution is 2.26. The topological polar surface area (TPSA) is 62.1 Å². The van der Waals surface area contributed by atoms with Gasteiger partial charge in [0.2, 0.25) is 5.91 Å². The lowest BCUT2D eigenvalue weighted by molar-refractivity contribution is -0.111. The van der Waals surface area contributed by atoms with E-state index in [0.717, 1.165) is 10.0 Å². The maximum atomic E-state index is 12.1. The summed E-state index contributed by atoms with van der Waals surface area (Å²) in [6.45, 7) is 2.33. The Bertz CT molecular complexity index is 779. The van der Waals surface area contributed by atoms with E-state index in [4.69, 9.17) is 10.00 Å². The summed E-state index contributed by atoms with van der Waals surface area (Å²) in [4.78, 5) is 12.1. The third-order valence-electron chi connectivity index (χ3n) is 2.99. The van der Waals surface area contributed by atoms with E-state index in [-0.39, 0.29) is 5.91 Å². The number of rotatable bonds is 5. The third kappa shape index (κ3) is 4.70. The van der Waals surface area contributed by atoms with Crippen molar-refractivity contribution in [3.63, 3.8) is 0 Å². The molecule has 0 fully saturated rings. The molecule has 0 aliphatic rings. The highest BCUT2D eigenvalue weighted by Gasteiger charge is 2.07. The lowest BCUT2D eigenvalue weighted by Crippen LogP contribution is -2.09. The molecular formula is C18H15BrN2O2. The molecule has 2 aromatic carbocycles. The van der Waals surface area contributed by atoms with Gasteiger partial charge in [0.25, 0.3) is 0 Å². The lowest BCUT2D eigenvalue weighted by atomic mass is 10.2. The van der Waals surface area contributed by atoms with E-state index in [2.05, 4.69) is 21.2 Å². The average Bonchev–Trinajstić information content (AvgIpc) is 2.56. The molecule has 1 N–H and O–H groups in total. The lowest BCUT2D eigenvalue weighted by Gasteiger charge is -2.10. The number of hydrogen-bond donors (Lipinski definition) is 1. The molecule has 5 heteroatoms. The van der Waals surface area contributed by atoms with E-state index in [1.54, 1.807) is 24.3 Å². The molecule has 2 aromatic rings. The van der Waals surface area contributed by atoms with Crippen LogP contribution in [0.15, 0.2) is 53.0 Å². The summed E-state index contributed by atoms with van der Waals surface area (Å²) in [5.41, 5.74) is 1.84. The Labute approximate surface area is 143 Å². The summed E-state index contributed by atoms with van der Waals surface area (Å²) in [6, 6.07) is 14.6. The molecule has 0 aromatic heterocycles. The Morgan fingerprint density at radius 2 is 2.13 bits per heavy atom. The second-order valence-electron chi connectivity index (χ2n) is 4.60. The van der Waals surface area contributed by atoms with E-state index >= 15 is 0 Å². The van der Waals surface area contributed by atoms with Gasteiger partial charge >= 0.3 is 0 Å². The fraction of sp³-hybridized carbons (Fsp3) is 0.111. The van der Waals surface area contributed by atoms with Crippen molar-refractivity contribution in [3.8, 4) is 11.8 Å². The van der Waals surface area contributed by atoms with Crippen LogP contribution >= 0.6 is 15.9 Å². The number of carbonyl (C=O) groups excluding carboxylic acids is 1. The van der Waals surface area contributed by atoms with Crippen molar-refractivity contribution in [2.45, 2.75) is 6.92 Å². The summed E-state index contributed by atoms with van der Waals surface area (Å²) < 4.78 is 6.37. The number of ether oxygens (including phenoxy) is 1. The van der Waals surface area contributed by atoms with Crippen LogP contribution in [0, 0.1) is 11.3 Å². The first-order valence-corrected chi connectivity index (χ1v) is 7.84. The van der Waals surface area contributed by atoms with E-state index < -0.39 is 0 Å². The van der Waals surface area contributed by atoms with Crippen molar-refractivity contribution in [2.24, 2.45) is 0 Å². The highest BCUT2D eigenvalue weighted by atomic mass is 79.9. The second kappa shape index (κ2) is 8.16. The zero-order valence-electron chi connectivity index (χ0n) is 12.5. The van der Waals surface area contributed by atoms with Crippen molar-refractivity contribution in [3.05, 3.63) is 64.1 Å². The minimum atomic E-state index is -0.295. The van der Waals surface area contributed by atoms with Crippen LogP contribution in [-0.4, -0.2) is 12.5 Å². The third-order valence-corrected chi connectivity index (χ3v) is 3.71. The van der Waals surface area contributed by atoms with Gasteiger partial charge in [0.05, 0.1) is 23.9 Å². The van der Waals surface area contributed by atoms with Gasteiger partial charge in [-0.3, -0.25) is 4.79 Å². The minimum absolute atomic E-state index is 0.295. The van der Waals surface area contributed by atoms with Crippen molar-refractivity contribution < 1.29 is 9.53 Å². The van der Waals surface area contributed by atoms with E-state index in [1.165, 1.54) is 6.08 Å². The number of anilines is 1. The fourth-order valence-electron chi connectivity index (χ4n) is 1.93. The van der Waals surface area contributed by atoms with Gasteiger partial charge in [-0.2, -0.15) is 5.26 Å². The zero-order valence-corrected chi connectivity index (χ0v) is 14.1. The Morgan fingerprint density at radius 3 is 2.83 bits per heavy atom. The molecule has 0 saturated heterocycles. The van der Waals surface area contributed by atoms with Gasteiger partial charge in [0.15, 0.2) is 0 Å². The summed E-state index contributed by atoms with van der Waals surface area (Å²) in [7, 11) is 0. The van der Waals surface area contributed by atoms with Crippen molar-refractivity contribution in [1.29, 1.82) is 5.26 Å². The standard InChI is InChI=1S/C18H15BrN2O2/c1-2-23-17-9-7-13(12-20)11-16(17)21-18(22)10-8-14-5-3-4-6-15(14)19/h3-11H,2H2,1H3,(H,21,22). The molecule has 1 amide bonds. The molecule has 0 saturated carbocycles. The largest absolute Gasteiger partial charge is 0.492 e. The zero-order chi connectivity index (χ0) is 16.7. The monoisotopic (exact) mass is 370 g/mol. The number of amides is 1. The first kappa shape index (κ1) is 16.8. The molecule has 23 heavy (non-hydrogen) atoms. The van der Waals surface area contributed by atoms with Gasteiger partial charge in [-0.1, -0.05) is 34.1 Å². The van der Waals surface area contributed by atoms with Crippen LogP contribution in [0.5, 0.6) is 5.75 Å². The summed E-state index contributed by atoms with van der Waals surface area (Å²) in [5, 5.41) is 11.7. The van der Waals surface area contributed by atoms with E-state index in [9.17, 15) is 4.79 Å². The molecule has 116 valence electrons. The van der Waals surface area contributed by atoms with Crippen LogP contribution in [0.2, 0.25) is 0 Å². The van der Waals surface area contributed by atoms with Gasteiger partial charge in [0.1, 0.15) is 5.75 Å². The van der Waals surface area contributed by atoms with Crippen molar-refractivity contribution in [1.82, 2.24) is 0 Å². The molecule has 0 spiro atoms. The molecule has 0 aliphatic heterocycles. The van der Waals surface area contributed by atoms with Crippen LogP contribution in [0.1, 0.15) is 18.1 Å². The van der Waals surface area contributed by atoms with Gasteiger partial charge in [-0.25, -0.2) is 0 Å². The molecule has 0 bridgehead atoms. The number of carbonyl (C=O) groups is 1. The number of halogens is 1. The van der Waals surface area contributed by atoms with Gasteiger partial charge in [-0.05, 0) is 42.8 Å². The first-order chi connectivity index (χ1) is 11.1. The van der Waals surface area contributed by atoms with Crippen LogP contribution in [0.25, 0.3) is 6.08 Å². The predicted molar refractivity (Wildman–Crippen MR) is 94.1 cm³/mol. The number of nitriles is 1. The van der Waals surface area contributed by atoms with Crippen LogP contribution < -0.4 is 10.1 Å². The maximum Gasteiger partial charge on any atom is 0.248 e. The Morgan fingerprint density at radius 1 is 1.35 bits per heavy atom. The molecular weight excluding hydrogens is 356 g/mol. The fourth-order valence-corrected chi connectivity index (χ4v) is 2.35. The van der Waals surface area contributed by atoms with E-state index in [1.807, 2.05) is 37.3 Å².